The molecule has 0 saturated carbocycles. The summed E-state index contributed by atoms with van der Waals surface area (Å²) in [4.78, 5) is 10.3. The molecule has 2 nitrogen and oxygen atoms in total. The minimum Gasteiger partial charge on any atom is -0.252 e. The summed E-state index contributed by atoms with van der Waals surface area (Å²) >= 11 is 0. The van der Waals surface area contributed by atoms with Crippen LogP contribution in [0.4, 0.5) is 11.4 Å². The fourth-order valence-electron chi connectivity index (χ4n) is 3.90. The van der Waals surface area contributed by atoms with Gasteiger partial charge in [-0.05, 0) is 73.9 Å². The van der Waals surface area contributed by atoms with E-state index in [0.717, 1.165) is 43.5 Å². The van der Waals surface area contributed by atoms with E-state index in [1.54, 1.807) is 0 Å². The number of benzene rings is 2. The average Bonchev–Trinajstić information content (AvgIpc) is 2.77. The highest BCUT2D eigenvalue weighted by molar-refractivity contribution is 6.43. The summed E-state index contributed by atoms with van der Waals surface area (Å²) in [6.07, 6.45) is 12.5. The number of rotatable bonds is 14. The molecule has 0 radical (unpaired) electrons. The van der Waals surface area contributed by atoms with Gasteiger partial charge in [-0.1, -0.05) is 84.1 Å². The van der Waals surface area contributed by atoms with Gasteiger partial charge in [0, 0.05) is 0 Å². The van der Waals surface area contributed by atoms with Crippen molar-refractivity contribution in [2.75, 3.05) is 0 Å². The van der Waals surface area contributed by atoms with Gasteiger partial charge in [-0.2, -0.15) is 0 Å². The zero-order chi connectivity index (χ0) is 22.3. The number of nitrogens with zero attached hydrogens (tertiary/aromatic N) is 2. The van der Waals surface area contributed by atoms with Crippen molar-refractivity contribution in [3.63, 3.8) is 0 Å². The highest BCUT2D eigenvalue weighted by Crippen LogP contribution is 2.23. The Morgan fingerprint density at radius 2 is 1.13 bits per heavy atom. The lowest BCUT2D eigenvalue weighted by Crippen LogP contribution is -2.14. The van der Waals surface area contributed by atoms with E-state index in [1.165, 1.54) is 61.1 Å². The molecule has 2 aromatic carbocycles. The molecule has 2 aromatic rings. The Hall–Kier alpha value is -2.22. The predicted octanol–water partition coefficient (Wildman–Crippen LogP) is 9.21. The SMILES string of the molecule is CCCCCC(=Nc1ccccc1)C(CCCC)=Nc1cc(CCC)cc(CCC)c1. The Labute approximate surface area is 190 Å². The van der Waals surface area contributed by atoms with Crippen molar-refractivity contribution in [1.82, 2.24) is 0 Å². The van der Waals surface area contributed by atoms with Gasteiger partial charge in [0.1, 0.15) is 0 Å². The van der Waals surface area contributed by atoms with E-state index in [1.807, 2.05) is 0 Å². The molecule has 0 aliphatic heterocycles. The Morgan fingerprint density at radius 3 is 1.68 bits per heavy atom. The number of hydrogen-bond acceptors (Lipinski definition) is 2. The number of aliphatic imine (C=N–C) groups is 2. The van der Waals surface area contributed by atoms with Crippen LogP contribution in [0.2, 0.25) is 0 Å². The lowest BCUT2D eigenvalue weighted by atomic mass is 10.0. The maximum atomic E-state index is 5.24. The van der Waals surface area contributed by atoms with Crippen molar-refractivity contribution in [3.05, 3.63) is 59.7 Å². The van der Waals surface area contributed by atoms with Crippen molar-refractivity contribution >= 4 is 22.8 Å². The van der Waals surface area contributed by atoms with Crippen LogP contribution in [0.5, 0.6) is 0 Å². The van der Waals surface area contributed by atoms with Crippen molar-refractivity contribution in [1.29, 1.82) is 0 Å². The second-order valence-corrected chi connectivity index (χ2v) is 8.52. The van der Waals surface area contributed by atoms with Gasteiger partial charge in [-0.3, -0.25) is 9.98 Å². The highest BCUT2D eigenvalue weighted by atomic mass is 14.8. The minimum absolute atomic E-state index is 0.995. The van der Waals surface area contributed by atoms with Crippen molar-refractivity contribution in [2.45, 2.75) is 98.3 Å². The maximum Gasteiger partial charge on any atom is 0.0639 e. The molecule has 2 heteroatoms. The van der Waals surface area contributed by atoms with E-state index < -0.39 is 0 Å². The molecule has 0 amide bonds. The van der Waals surface area contributed by atoms with Crippen molar-refractivity contribution < 1.29 is 0 Å². The molecule has 0 heterocycles. The third-order valence-electron chi connectivity index (χ3n) is 5.52. The summed E-state index contributed by atoms with van der Waals surface area (Å²) in [6, 6.07) is 17.3. The molecule has 168 valence electrons. The van der Waals surface area contributed by atoms with Crippen LogP contribution in [-0.4, -0.2) is 11.4 Å². The Morgan fingerprint density at radius 1 is 0.581 bits per heavy atom. The molecule has 2 rings (SSSR count). The Balaban J connectivity index is 2.48. The summed E-state index contributed by atoms with van der Waals surface area (Å²) < 4.78 is 0. The first-order chi connectivity index (χ1) is 15.2. The minimum atomic E-state index is 0.995. The summed E-state index contributed by atoms with van der Waals surface area (Å²) in [7, 11) is 0. The van der Waals surface area contributed by atoms with E-state index in [0.29, 0.717) is 0 Å². The first-order valence-corrected chi connectivity index (χ1v) is 12.5. The van der Waals surface area contributed by atoms with Crippen molar-refractivity contribution in [3.8, 4) is 0 Å². The molecule has 0 aromatic heterocycles. The second kappa shape index (κ2) is 14.7. The van der Waals surface area contributed by atoms with Crippen LogP contribution in [0, 0.1) is 0 Å². The number of aryl methyl sites for hydroxylation is 2. The van der Waals surface area contributed by atoms with E-state index >= 15 is 0 Å². The zero-order valence-corrected chi connectivity index (χ0v) is 20.3. The quantitative estimate of drug-likeness (QED) is 0.216. The Kier molecular flexibility index (Phi) is 11.9. The summed E-state index contributed by atoms with van der Waals surface area (Å²) in [6.45, 7) is 9.01. The lowest BCUT2D eigenvalue weighted by molar-refractivity contribution is 0.742. The van der Waals surface area contributed by atoms with Gasteiger partial charge in [-0.25, -0.2) is 0 Å². The molecule has 0 bridgehead atoms. The van der Waals surface area contributed by atoms with Gasteiger partial charge in [0.25, 0.3) is 0 Å². The predicted molar refractivity (Wildman–Crippen MR) is 139 cm³/mol. The first-order valence-electron chi connectivity index (χ1n) is 12.5. The van der Waals surface area contributed by atoms with E-state index in [4.69, 9.17) is 9.98 Å². The maximum absolute atomic E-state index is 5.24. The molecule has 0 saturated heterocycles. The van der Waals surface area contributed by atoms with E-state index in [9.17, 15) is 0 Å². The third kappa shape index (κ3) is 9.21. The zero-order valence-electron chi connectivity index (χ0n) is 20.3. The van der Waals surface area contributed by atoms with Gasteiger partial charge in [0.05, 0.1) is 22.8 Å². The van der Waals surface area contributed by atoms with Gasteiger partial charge >= 0.3 is 0 Å². The molecule has 0 atom stereocenters. The molecule has 0 spiro atoms. The second-order valence-electron chi connectivity index (χ2n) is 8.52. The summed E-state index contributed by atoms with van der Waals surface area (Å²) in [5, 5.41) is 0. The smallest absolute Gasteiger partial charge is 0.0639 e. The van der Waals surface area contributed by atoms with Gasteiger partial charge in [0.15, 0.2) is 0 Å². The molecule has 0 aliphatic rings. The number of para-hydroxylation sites is 1. The monoisotopic (exact) mass is 418 g/mol. The van der Waals surface area contributed by atoms with Gasteiger partial charge in [0.2, 0.25) is 0 Å². The lowest BCUT2D eigenvalue weighted by Gasteiger charge is -2.13. The fourth-order valence-corrected chi connectivity index (χ4v) is 3.90. The fraction of sp³-hybridized carbons (Fsp3) is 0.517. The molecule has 0 unspecified atom stereocenters. The first kappa shape index (κ1) is 25.0. The average molecular weight is 419 g/mol. The molecule has 0 aliphatic carbocycles. The molecule has 0 N–H and O–H groups in total. The molecular formula is C29H42N2. The molecular weight excluding hydrogens is 376 g/mol. The normalized spacial score (nSPS) is 12.4. The topological polar surface area (TPSA) is 24.7 Å². The molecule has 31 heavy (non-hydrogen) atoms. The third-order valence-corrected chi connectivity index (χ3v) is 5.52. The van der Waals surface area contributed by atoms with Crippen LogP contribution >= 0.6 is 0 Å². The summed E-state index contributed by atoms with van der Waals surface area (Å²) in [5.74, 6) is 0. The molecule has 0 fully saturated rings. The van der Waals surface area contributed by atoms with Crippen LogP contribution in [0.15, 0.2) is 58.5 Å². The summed E-state index contributed by atoms with van der Waals surface area (Å²) in [5.41, 5.74) is 7.31. The van der Waals surface area contributed by atoms with Crippen LogP contribution in [0.3, 0.4) is 0 Å². The standard InChI is InChI=1S/C29H42N2/c1-5-9-12-20-29(30-26-17-13-11-14-18-26)28(19-10-6-2)31-27-22-24(15-7-3)21-25(23-27)16-8-4/h11,13-14,17-18,21-23H,5-10,12,15-16,19-20H2,1-4H3. The van der Waals surface area contributed by atoms with E-state index in [-0.39, 0.29) is 0 Å². The van der Waals surface area contributed by atoms with Gasteiger partial charge in [-0.15, -0.1) is 0 Å². The van der Waals surface area contributed by atoms with Crippen LogP contribution in [-0.2, 0) is 12.8 Å². The van der Waals surface area contributed by atoms with Crippen LogP contribution in [0.25, 0.3) is 0 Å². The van der Waals surface area contributed by atoms with Crippen molar-refractivity contribution in [2.24, 2.45) is 9.98 Å². The van der Waals surface area contributed by atoms with Crippen LogP contribution in [0.1, 0.15) is 96.6 Å². The number of unbranched alkanes of at least 4 members (excludes halogenated alkanes) is 3. The largest absolute Gasteiger partial charge is 0.252 e. The number of hydrogen-bond donors (Lipinski definition) is 0. The van der Waals surface area contributed by atoms with Crippen LogP contribution < -0.4 is 0 Å². The van der Waals surface area contributed by atoms with E-state index in [2.05, 4.69) is 76.2 Å². The highest BCUT2D eigenvalue weighted by Gasteiger charge is 2.11. The Bertz CT molecular complexity index is 794. The van der Waals surface area contributed by atoms with Gasteiger partial charge < -0.3 is 0 Å².